The minimum atomic E-state index is -4.54. The number of hydrogen-bond donors (Lipinski definition) is 3. The van der Waals surface area contributed by atoms with E-state index in [4.69, 9.17) is 4.74 Å². The number of nitrogens with zero attached hydrogens (tertiary/aromatic N) is 2. The summed E-state index contributed by atoms with van der Waals surface area (Å²) in [6, 6.07) is 3.82. The number of halogens is 3. The number of ether oxygens (including phenoxy) is 1. The Balaban J connectivity index is 1.79. The molecular formula is C15H14F3N5O2. The molecule has 0 saturated carbocycles. The number of rotatable bonds is 5. The average Bonchev–Trinajstić information content (AvgIpc) is 3.08. The summed E-state index contributed by atoms with van der Waals surface area (Å²) in [4.78, 5) is 17.6. The predicted molar refractivity (Wildman–Crippen MR) is 83.2 cm³/mol. The number of imidazole rings is 1. The highest BCUT2D eigenvalue weighted by Crippen LogP contribution is 2.35. The van der Waals surface area contributed by atoms with Gasteiger partial charge >= 0.3 is 12.3 Å². The minimum absolute atomic E-state index is 0.0304. The Bertz CT molecular complexity index is 787. The third kappa shape index (κ3) is 4.08. The lowest BCUT2D eigenvalue weighted by molar-refractivity contribution is -0.137. The molecule has 3 rings (SSSR count). The van der Waals surface area contributed by atoms with Crippen LogP contribution < -0.4 is 10.7 Å². The number of hydrogen-bond acceptors (Lipinski definition) is 5. The van der Waals surface area contributed by atoms with Gasteiger partial charge in [-0.3, -0.25) is 0 Å². The maximum Gasteiger partial charge on any atom is 0.428 e. The van der Waals surface area contributed by atoms with Crippen LogP contribution in [0.15, 0.2) is 35.8 Å². The Morgan fingerprint density at radius 3 is 2.80 bits per heavy atom. The molecule has 1 amide bonds. The fourth-order valence-corrected chi connectivity index (χ4v) is 2.33. The molecule has 1 aliphatic rings. The molecule has 1 aromatic heterocycles. The van der Waals surface area contributed by atoms with E-state index in [9.17, 15) is 18.0 Å². The van der Waals surface area contributed by atoms with Gasteiger partial charge in [0.15, 0.2) is 0 Å². The van der Waals surface area contributed by atoms with E-state index < -0.39 is 17.8 Å². The summed E-state index contributed by atoms with van der Waals surface area (Å²) >= 11 is 0. The maximum atomic E-state index is 13.4. The molecule has 2 heterocycles. The van der Waals surface area contributed by atoms with E-state index in [1.165, 1.54) is 18.5 Å². The highest BCUT2D eigenvalue weighted by molar-refractivity contribution is 6.04. The fourth-order valence-electron chi connectivity index (χ4n) is 2.33. The van der Waals surface area contributed by atoms with E-state index >= 15 is 0 Å². The predicted octanol–water partition coefficient (Wildman–Crippen LogP) is 2.53. The largest absolute Gasteiger partial charge is 0.442 e. The van der Waals surface area contributed by atoms with Gasteiger partial charge in [-0.2, -0.15) is 18.3 Å². The molecule has 0 bridgehead atoms. The van der Waals surface area contributed by atoms with Crippen LogP contribution in [0.5, 0.6) is 0 Å². The van der Waals surface area contributed by atoms with E-state index in [2.05, 4.69) is 25.8 Å². The van der Waals surface area contributed by atoms with Crippen LogP contribution in [0.2, 0.25) is 0 Å². The zero-order valence-corrected chi connectivity index (χ0v) is 12.9. The highest BCUT2D eigenvalue weighted by Gasteiger charge is 2.34. The molecule has 3 N–H and O–H groups in total. The molecule has 0 fully saturated rings. The van der Waals surface area contributed by atoms with E-state index in [-0.39, 0.29) is 23.6 Å². The van der Waals surface area contributed by atoms with Gasteiger partial charge in [-0.25, -0.2) is 15.2 Å². The van der Waals surface area contributed by atoms with E-state index in [1.807, 2.05) is 0 Å². The number of hydrazone groups is 1. The number of carbonyl (C=O) groups is 1. The Morgan fingerprint density at radius 1 is 1.32 bits per heavy atom. The Hall–Kier alpha value is -3.04. The third-order valence-corrected chi connectivity index (χ3v) is 3.54. The zero-order chi connectivity index (χ0) is 17.9. The third-order valence-electron chi connectivity index (χ3n) is 3.54. The quantitative estimate of drug-likeness (QED) is 0.770. The second kappa shape index (κ2) is 6.83. The molecule has 1 aromatic carbocycles. The van der Waals surface area contributed by atoms with E-state index in [1.54, 1.807) is 6.20 Å². The Morgan fingerprint density at radius 2 is 2.16 bits per heavy atom. The van der Waals surface area contributed by atoms with Crippen LogP contribution in [-0.2, 0) is 17.3 Å². The highest BCUT2D eigenvalue weighted by atomic mass is 19.4. The first-order chi connectivity index (χ1) is 11.9. The summed E-state index contributed by atoms with van der Waals surface area (Å²) in [5.74, 6) is 0. The topological polar surface area (TPSA) is 91.4 Å². The first kappa shape index (κ1) is 16.8. The molecule has 10 heteroatoms. The number of aromatic nitrogens is 2. The van der Waals surface area contributed by atoms with Gasteiger partial charge in [0.1, 0.15) is 12.3 Å². The Kier molecular flexibility index (Phi) is 4.59. The van der Waals surface area contributed by atoms with Crippen molar-refractivity contribution >= 4 is 17.5 Å². The zero-order valence-electron chi connectivity index (χ0n) is 12.9. The number of aromatic amines is 1. The molecule has 25 heavy (non-hydrogen) atoms. The number of nitrogens with one attached hydrogen (secondary N) is 3. The van der Waals surface area contributed by atoms with Gasteiger partial charge in [0.05, 0.1) is 11.9 Å². The van der Waals surface area contributed by atoms with Crippen molar-refractivity contribution in [2.75, 3.05) is 18.5 Å². The lowest BCUT2D eigenvalue weighted by Gasteiger charge is -2.18. The van der Waals surface area contributed by atoms with Crippen molar-refractivity contribution in [3.05, 3.63) is 47.5 Å². The molecule has 0 unspecified atom stereocenters. The van der Waals surface area contributed by atoms with Crippen LogP contribution in [0, 0.1) is 0 Å². The maximum absolute atomic E-state index is 13.4. The van der Waals surface area contributed by atoms with Crippen molar-refractivity contribution in [3.8, 4) is 0 Å². The van der Waals surface area contributed by atoms with Gasteiger partial charge < -0.3 is 15.0 Å². The SMILES string of the molecule is O=C1NN=C(c2ccc(NCCc3cnc[nH]3)c(C(F)(F)F)c2)CO1. The van der Waals surface area contributed by atoms with Crippen molar-refractivity contribution in [1.29, 1.82) is 0 Å². The number of H-pyrrole nitrogens is 1. The summed E-state index contributed by atoms with van der Waals surface area (Å²) in [6.07, 6.45) is -1.64. The number of carbonyl (C=O) groups excluding carboxylic acids is 1. The second-order valence-electron chi connectivity index (χ2n) is 5.26. The van der Waals surface area contributed by atoms with Gasteiger partial charge in [0.2, 0.25) is 0 Å². The Labute approximate surface area is 140 Å². The summed E-state index contributed by atoms with van der Waals surface area (Å²) in [5.41, 5.74) is 2.50. The molecule has 0 spiro atoms. The normalized spacial score (nSPS) is 14.5. The summed E-state index contributed by atoms with van der Waals surface area (Å²) < 4.78 is 44.8. The fraction of sp³-hybridized carbons (Fsp3) is 0.267. The molecule has 1 aliphatic heterocycles. The van der Waals surface area contributed by atoms with E-state index in [0.717, 1.165) is 11.8 Å². The summed E-state index contributed by atoms with van der Waals surface area (Å²) in [7, 11) is 0. The lowest BCUT2D eigenvalue weighted by Crippen LogP contribution is -2.30. The monoisotopic (exact) mass is 353 g/mol. The van der Waals surface area contributed by atoms with Gasteiger partial charge in [-0.05, 0) is 12.1 Å². The number of cyclic esters (lactones) is 1. The standard InChI is InChI=1S/C15H14F3N5O2/c16-15(17,18)11-5-9(13-7-25-14(24)23-22-13)1-2-12(11)20-4-3-10-6-19-8-21-10/h1-2,5-6,8,20H,3-4,7H2,(H,19,21)(H,23,24). The lowest BCUT2D eigenvalue weighted by atomic mass is 10.0. The van der Waals surface area contributed by atoms with Crippen LogP contribution in [0.1, 0.15) is 16.8 Å². The molecule has 7 nitrogen and oxygen atoms in total. The molecular weight excluding hydrogens is 339 g/mol. The number of anilines is 1. The van der Waals surface area contributed by atoms with Gasteiger partial charge in [0.25, 0.3) is 0 Å². The van der Waals surface area contributed by atoms with Crippen LogP contribution in [0.4, 0.5) is 23.7 Å². The van der Waals surface area contributed by atoms with Crippen LogP contribution in [0.25, 0.3) is 0 Å². The van der Waals surface area contributed by atoms with Crippen LogP contribution in [-0.4, -0.2) is 34.9 Å². The molecule has 132 valence electrons. The number of alkyl halides is 3. The second-order valence-corrected chi connectivity index (χ2v) is 5.26. The molecule has 0 atom stereocenters. The van der Waals surface area contributed by atoms with Crippen molar-refractivity contribution in [2.45, 2.75) is 12.6 Å². The molecule has 2 aromatic rings. The molecule has 0 saturated heterocycles. The summed E-state index contributed by atoms with van der Waals surface area (Å²) in [5, 5.41) is 6.51. The van der Waals surface area contributed by atoms with Crippen LogP contribution in [0.3, 0.4) is 0 Å². The molecule has 0 aliphatic carbocycles. The first-order valence-corrected chi connectivity index (χ1v) is 7.35. The smallest absolute Gasteiger partial charge is 0.428 e. The van der Waals surface area contributed by atoms with Crippen LogP contribution >= 0.6 is 0 Å². The minimum Gasteiger partial charge on any atom is -0.442 e. The van der Waals surface area contributed by atoms with E-state index in [0.29, 0.717) is 13.0 Å². The number of benzene rings is 1. The number of amides is 1. The van der Waals surface area contributed by atoms with Crippen molar-refractivity contribution in [2.24, 2.45) is 5.10 Å². The van der Waals surface area contributed by atoms with Crippen molar-refractivity contribution in [3.63, 3.8) is 0 Å². The average molecular weight is 353 g/mol. The van der Waals surface area contributed by atoms with Crippen molar-refractivity contribution in [1.82, 2.24) is 15.4 Å². The van der Waals surface area contributed by atoms with Gasteiger partial charge in [0, 0.05) is 36.1 Å². The summed E-state index contributed by atoms with van der Waals surface area (Å²) in [6.45, 7) is 0.125. The van der Waals surface area contributed by atoms with Gasteiger partial charge in [-0.15, -0.1) is 0 Å². The van der Waals surface area contributed by atoms with Gasteiger partial charge in [-0.1, -0.05) is 6.07 Å². The molecule has 0 radical (unpaired) electrons. The van der Waals surface area contributed by atoms with Crippen molar-refractivity contribution < 1.29 is 22.7 Å². The first-order valence-electron chi connectivity index (χ1n) is 7.35.